The third-order valence-electron chi connectivity index (χ3n) is 3.23. The fourth-order valence-corrected chi connectivity index (χ4v) is 2.23. The summed E-state index contributed by atoms with van der Waals surface area (Å²) < 4.78 is 11.0. The van der Waals surface area contributed by atoms with Crippen LogP contribution in [0, 0.1) is 0 Å². The summed E-state index contributed by atoms with van der Waals surface area (Å²) in [7, 11) is 3.34. The summed E-state index contributed by atoms with van der Waals surface area (Å²) in [5.41, 5.74) is 0. The summed E-state index contributed by atoms with van der Waals surface area (Å²) in [5.74, 6) is 1.16. The van der Waals surface area contributed by atoms with Crippen molar-refractivity contribution in [2.24, 2.45) is 0 Å². The second kappa shape index (κ2) is 7.23. The first-order valence-corrected chi connectivity index (χ1v) is 7.11. The van der Waals surface area contributed by atoms with Crippen LogP contribution in [0.4, 0.5) is 11.9 Å². The number of methoxy groups -OCH3 is 1. The summed E-state index contributed by atoms with van der Waals surface area (Å²) in [6.07, 6.45) is 3.47. The second-order valence-electron chi connectivity index (χ2n) is 4.78. The van der Waals surface area contributed by atoms with Gasteiger partial charge in [0.15, 0.2) is 0 Å². The molecule has 0 bridgehead atoms. The number of hydrogen-bond donors (Lipinski definition) is 1. The standard InChI is InChI=1S/C13H23N5O2/c1-4-8-20-10-6-5-7-18(9-10)12-15-11(14-2)16-13(17-12)19-3/h10H,4-9H2,1-3H3,(H,14,15,16,17). The van der Waals surface area contributed by atoms with Crippen LogP contribution in [0.5, 0.6) is 6.01 Å². The lowest BCUT2D eigenvalue weighted by Crippen LogP contribution is -2.40. The highest BCUT2D eigenvalue weighted by atomic mass is 16.5. The Morgan fingerprint density at radius 1 is 1.35 bits per heavy atom. The normalized spacial score (nSPS) is 18.9. The lowest BCUT2D eigenvalue weighted by atomic mass is 10.1. The molecule has 1 aliphatic rings. The van der Waals surface area contributed by atoms with Crippen molar-refractivity contribution in [3.8, 4) is 6.01 Å². The highest BCUT2D eigenvalue weighted by Gasteiger charge is 2.23. The van der Waals surface area contributed by atoms with Crippen molar-refractivity contribution in [3.05, 3.63) is 0 Å². The maximum atomic E-state index is 5.84. The Kier molecular flexibility index (Phi) is 5.34. The zero-order chi connectivity index (χ0) is 14.4. The molecule has 0 spiro atoms. The molecule has 0 aromatic carbocycles. The monoisotopic (exact) mass is 281 g/mol. The van der Waals surface area contributed by atoms with E-state index in [0.29, 0.717) is 17.9 Å². The van der Waals surface area contributed by atoms with E-state index in [-0.39, 0.29) is 6.10 Å². The first-order valence-electron chi connectivity index (χ1n) is 7.11. The predicted octanol–water partition coefficient (Wildman–Crippen LogP) is 1.32. The van der Waals surface area contributed by atoms with Gasteiger partial charge in [0, 0.05) is 26.7 Å². The molecule has 2 rings (SSSR count). The van der Waals surface area contributed by atoms with Gasteiger partial charge in [-0.3, -0.25) is 0 Å². The van der Waals surface area contributed by atoms with Crippen molar-refractivity contribution in [1.82, 2.24) is 15.0 Å². The molecule has 1 aliphatic heterocycles. The minimum atomic E-state index is 0.254. The van der Waals surface area contributed by atoms with Crippen molar-refractivity contribution < 1.29 is 9.47 Å². The van der Waals surface area contributed by atoms with Crippen molar-refractivity contribution in [3.63, 3.8) is 0 Å². The molecule has 1 atom stereocenters. The van der Waals surface area contributed by atoms with Gasteiger partial charge in [-0.05, 0) is 19.3 Å². The van der Waals surface area contributed by atoms with E-state index >= 15 is 0 Å². The van der Waals surface area contributed by atoms with Gasteiger partial charge in [-0.2, -0.15) is 15.0 Å². The van der Waals surface area contributed by atoms with E-state index in [0.717, 1.165) is 39.0 Å². The molecule has 7 nitrogen and oxygen atoms in total. The van der Waals surface area contributed by atoms with E-state index in [9.17, 15) is 0 Å². The molecule has 0 radical (unpaired) electrons. The Bertz CT molecular complexity index is 407. The predicted molar refractivity (Wildman–Crippen MR) is 77.4 cm³/mol. The molecule has 0 saturated carbocycles. The molecule has 0 aliphatic carbocycles. The lowest BCUT2D eigenvalue weighted by Gasteiger charge is -2.32. The Labute approximate surface area is 119 Å². The highest BCUT2D eigenvalue weighted by molar-refractivity contribution is 5.38. The molecule has 2 heterocycles. The van der Waals surface area contributed by atoms with Crippen LogP contribution >= 0.6 is 0 Å². The maximum Gasteiger partial charge on any atom is 0.322 e. The van der Waals surface area contributed by atoms with E-state index in [1.165, 1.54) is 0 Å². The zero-order valence-corrected chi connectivity index (χ0v) is 12.4. The third-order valence-corrected chi connectivity index (χ3v) is 3.23. The molecule has 1 saturated heterocycles. The number of ether oxygens (including phenoxy) is 2. The van der Waals surface area contributed by atoms with Gasteiger partial charge in [0.25, 0.3) is 0 Å². The van der Waals surface area contributed by atoms with Crippen molar-refractivity contribution in [2.75, 3.05) is 44.1 Å². The lowest BCUT2D eigenvalue weighted by molar-refractivity contribution is 0.0437. The van der Waals surface area contributed by atoms with Crippen LogP contribution in [-0.2, 0) is 4.74 Å². The number of anilines is 2. The molecule has 1 unspecified atom stereocenters. The first kappa shape index (κ1) is 14.8. The van der Waals surface area contributed by atoms with Gasteiger partial charge in [0.05, 0.1) is 13.2 Å². The van der Waals surface area contributed by atoms with Crippen LogP contribution in [0.1, 0.15) is 26.2 Å². The Balaban J connectivity index is 2.09. The molecule has 1 fully saturated rings. The van der Waals surface area contributed by atoms with Gasteiger partial charge in [-0.1, -0.05) is 6.92 Å². The zero-order valence-electron chi connectivity index (χ0n) is 12.4. The van der Waals surface area contributed by atoms with E-state index in [1.54, 1.807) is 14.2 Å². The number of hydrogen-bond acceptors (Lipinski definition) is 7. The molecule has 0 amide bonds. The third kappa shape index (κ3) is 3.69. The molecular formula is C13H23N5O2. The largest absolute Gasteiger partial charge is 0.467 e. The SMILES string of the molecule is CCCOC1CCCN(c2nc(NC)nc(OC)n2)C1. The van der Waals surface area contributed by atoms with Gasteiger partial charge >= 0.3 is 6.01 Å². The van der Waals surface area contributed by atoms with Gasteiger partial charge in [0.1, 0.15) is 0 Å². The van der Waals surface area contributed by atoms with Gasteiger partial charge in [-0.15, -0.1) is 0 Å². The molecular weight excluding hydrogens is 258 g/mol. The van der Waals surface area contributed by atoms with Gasteiger partial charge < -0.3 is 19.7 Å². The molecule has 1 N–H and O–H groups in total. The van der Waals surface area contributed by atoms with Crippen LogP contribution in [0.15, 0.2) is 0 Å². The highest BCUT2D eigenvalue weighted by Crippen LogP contribution is 2.20. The molecule has 7 heteroatoms. The minimum Gasteiger partial charge on any atom is -0.467 e. The van der Waals surface area contributed by atoms with Crippen molar-refractivity contribution in [2.45, 2.75) is 32.3 Å². The summed E-state index contributed by atoms with van der Waals surface area (Å²) in [6, 6.07) is 0.330. The van der Waals surface area contributed by atoms with Crippen molar-refractivity contribution in [1.29, 1.82) is 0 Å². The summed E-state index contributed by atoms with van der Waals surface area (Å²) >= 11 is 0. The fourth-order valence-electron chi connectivity index (χ4n) is 2.23. The van der Waals surface area contributed by atoms with Gasteiger partial charge in [0.2, 0.25) is 11.9 Å². The number of rotatable bonds is 6. The molecule has 20 heavy (non-hydrogen) atoms. The van der Waals surface area contributed by atoms with E-state index < -0.39 is 0 Å². The number of aromatic nitrogens is 3. The average molecular weight is 281 g/mol. The number of piperidine rings is 1. The molecule has 112 valence electrons. The summed E-state index contributed by atoms with van der Waals surface area (Å²) in [6.45, 7) is 4.68. The van der Waals surface area contributed by atoms with Crippen LogP contribution in [0.3, 0.4) is 0 Å². The number of nitrogens with zero attached hydrogens (tertiary/aromatic N) is 4. The minimum absolute atomic E-state index is 0.254. The quantitative estimate of drug-likeness (QED) is 0.843. The fraction of sp³-hybridized carbons (Fsp3) is 0.769. The maximum absolute atomic E-state index is 5.84. The molecule has 1 aromatic rings. The smallest absolute Gasteiger partial charge is 0.322 e. The van der Waals surface area contributed by atoms with E-state index in [1.807, 2.05) is 0 Å². The van der Waals surface area contributed by atoms with E-state index in [4.69, 9.17) is 9.47 Å². The Morgan fingerprint density at radius 3 is 2.90 bits per heavy atom. The molecule has 1 aromatic heterocycles. The number of nitrogens with one attached hydrogen (secondary N) is 1. The van der Waals surface area contributed by atoms with Crippen LogP contribution < -0.4 is 15.0 Å². The Morgan fingerprint density at radius 2 is 2.20 bits per heavy atom. The summed E-state index contributed by atoms with van der Waals surface area (Å²) in [4.78, 5) is 15.0. The van der Waals surface area contributed by atoms with Gasteiger partial charge in [-0.25, -0.2) is 0 Å². The van der Waals surface area contributed by atoms with Crippen LogP contribution in [0.25, 0.3) is 0 Å². The van der Waals surface area contributed by atoms with E-state index in [2.05, 4.69) is 32.1 Å². The van der Waals surface area contributed by atoms with Crippen LogP contribution in [0.2, 0.25) is 0 Å². The topological polar surface area (TPSA) is 72.4 Å². The second-order valence-corrected chi connectivity index (χ2v) is 4.78. The summed E-state index contributed by atoms with van der Waals surface area (Å²) in [5, 5.41) is 2.93. The van der Waals surface area contributed by atoms with Crippen LogP contribution in [-0.4, -0.2) is 54.9 Å². The Hall–Kier alpha value is -1.63. The van der Waals surface area contributed by atoms with Crippen molar-refractivity contribution >= 4 is 11.9 Å². The first-order chi connectivity index (χ1) is 9.76. The average Bonchev–Trinajstić information content (AvgIpc) is 2.52.